The number of halogens is 3. The topological polar surface area (TPSA) is 51.8 Å². The zero-order valence-electron chi connectivity index (χ0n) is 11.8. The average Bonchev–Trinajstić information content (AvgIpc) is 2.37. The van der Waals surface area contributed by atoms with E-state index in [9.17, 15) is 13.2 Å². The van der Waals surface area contributed by atoms with Crippen LogP contribution in [0.3, 0.4) is 0 Å². The highest BCUT2D eigenvalue weighted by molar-refractivity contribution is 5.28. The highest BCUT2D eigenvalue weighted by atomic mass is 19.4. The second-order valence-corrected chi connectivity index (χ2v) is 4.99. The predicted molar refractivity (Wildman–Crippen MR) is 73.6 cm³/mol. The molecule has 0 saturated carbocycles. The molecule has 0 bridgehead atoms. The van der Waals surface area contributed by atoms with Gasteiger partial charge in [-0.1, -0.05) is 18.2 Å². The van der Waals surface area contributed by atoms with E-state index in [1.165, 1.54) is 6.07 Å². The third kappa shape index (κ3) is 3.78. The quantitative estimate of drug-likeness (QED) is 0.944. The van der Waals surface area contributed by atoms with Crippen LogP contribution < -0.4 is 5.73 Å². The molecule has 0 aliphatic rings. The van der Waals surface area contributed by atoms with Gasteiger partial charge in [-0.25, -0.2) is 9.97 Å². The lowest BCUT2D eigenvalue weighted by Crippen LogP contribution is -2.11. The molecule has 0 amide bonds. The van der Waals surface area contributed by atoms with Gasteiger partial charge in [-0.2, -0.15) is 13.2 Å². The number of alkyl halides is 3. The SMILES string of the molecule is Cc1nc(Cc2cccc(C(F)(F)F)c2)ncc1[C@H](C)N. The Kier molecular flexibility index (Phi) is 4.27. The first-order valence-electron chi connectivity index (χ1n) is 6.51. The van der Waals surface area contributed by atoms with E-state index in [4.69, 9.17) is 5.73 Å². The molecule has 6 heteroatoms. The third-order valence-electron chi connectivity index (χ3n) is 3.17. The van der Waals surface area contributed by atoms with Gasteiger partial charge in [0.1, 0.15) is 5.82 Å². The molecule has 1 aromatic carbocycles. The third-order valence-corrected chi connectivity index (χ3v) is 3.17. The van der Waals surface area contributed by atoms with Crippen LogP contribution in [0.15, 0.2) is 30.5 Å². The molecule has 1 atom stereocenters. The highest BCUT2D eigenvalue weighted by Gasteiger charge is 2.30. The summed E-state index contributed by atoms with van der Waals surface area (Å²) in [5.74, 6) is 0.483. The molecule has 3 nitrogen and oxygen atoms in total. The molecule has 0 aliphatic carbocycles. The number of hydrogen-bond donors (Lipinski definition) is 1. The Bertz CT molecular complexity index is 636. The molecule has 1 aromatic heterocycles. The molecule has 21 heavy (non-hydrogen) atoms. The second kappa shape index (κ2) is 5.81. The van der Waals surface area contributed by atoms with Crippen LogP contribution >= 0.6 is 0 Å². The molecule has 112 valence electrons. The maximum absolute atomic E-state index is 12.7. The predicted octanol–water partition coefficient (Wildman–Crippen LogP) is 3.41. The van der Waals surface area contributed by atoms with Gasteiger partial charge < -0.3 is 5.73 Å². The van der Waals surface area contributed by atoms with Gasteiger partial charge in [-0.15, -0.1) is 0 Å². The van der Waals surface area contributed by atoms with Crippen LogP contribution in [0.25, 0.3) is 0 Å². The van der Waals surface area contributed by atoms with Crippen molar-refractivity contribution < 1.29 is 13.2 Å². The van der Waals surface area contributed by atoms with Gasteiger partial charge in [-0.3, -0.25) is 0 Å². The van der Waals surface area contributed by atoms with Gasteiger partial charge in [0, 0.05) is 29.9 Å². The van der Waals surface area contributed by atoms with Crippen LogP contribution in [0.1, 0.15) is 41.2 Å². The second-order valence-electron chi connectivity index (χ2n) is 4.99. The van der Waals surface area contributed by atoms with Crippen molar-refractivity contribution >= 4 is 0 Å². The molecule has 0 radical (unpaired) electrons. The van der Waals surface area contributed by atoms with Crippen molar-refractivity contribution in [2.24, 2.45) is 5.73 Å². The van der Waals surface area contributed by atoms with Crippen molar-refractivity contribution in [2.75, 3.05) is 0 Å². The molecule has 0 saturated heterocycles. The van der Waals surface area contributed by atoms with Crippen molar-refractivity contribution in [3.63, 3.8) is 0 Å². The van der Waals surface area contributed by atoms with E-state index in [0.29, 0.717) is 11.4 Å². The monoisotopic (exact) mass is 295 g/mol. The number of benzene rings is 1. The van der Waals surface area contributed by atoms with E-state index in [-0.39, 0.29) is 12.5 Å². The van der Waals surface area contributed by atoms with Gasteiger partial charge >= 0.3 is 6.18 Å². The maximum atomic E-state index is 12.7. The summed E-state index contributed by atoms with van der Waals surface area (Å²) < 4.78 is 38.0. The minimum atomic E-state index is -4.34. The van der Waals surface area contributed by atoms with Crippen molar-refractivity contribution in [1.29, 1.82) is 0 Å². The number of hydrogen-bond acceptors (Lipinski definition) is 3. The summed E-state index contributed by atoms with van der Waals surface area (Å²) in [4.78, 5) is 8.48. The van der Waals surface area contributed by atoms with Crippen molar-refractivity contribution in [3.05, 3.63) is 58.7 Å². The fourth-order valence-corrected chi connectivity index (χ4v) is 2.10. The lowest BCUT2D eigenvalue weighted by atomic mass is 10.1. The van der Waals surface area contributed by atoms with E-state index >= 15 is 0 Å². The zero-order chi connectivity index (χ0) is 15.6. The van der Waals surface area contributed by atoms with Crippen LogP contribution in [0, 0.1) is 6.92 Å². The fraction of sp³-hybridized carbons (Fsp3) is 0.333. The fourth-order valence-electron chi connectivity index (χ4n) is 2.10. The van der Waals surface area contributed by atoms with Crippen LogP contribution in [-0.4, -0.2) is 9.97 Å². The van der Waals surface area contributed by atoms with Crippen molar-refractivity contribution in [1.82, 2.24) is 9.97 Å². The first kappa shape index (κ1) is 15.4. The highest BCUT2D eigenvalue weighted by Crippen LogP contribution is 2.29. The molecule has 1 heterocycles. The Labute approximate surface area is 121 Å². The molecule has 0 aliphatic heterocycles. The van der Waals surface area contributed by atoms with Gasteiger partial charge in [0.25, 0.3) is 0 Å². The Morgan fingerprint density at radius 1 is 1.29 bits per heavy atom. The summed E-state index contributed by atoms with van der Waals surface area (Å²) >= 11 is 0. The van der Waals surface area contributed by atoms with Gasteiger partial charge in [0.15, 0.2) is 0 Å². The largest absolute Gasteiger partial charge is 0.416 e. The number of aromatic nitrogens is 2. The molecule has 0 fully saturated rings. The maximum Gasteiger partial charge on any atom is 0.416 e. The number of rotatable bonds is 3. The van der Waals surface area contributed by atoms with Crippen molar-refractivity contribution in [3.8, 4) is 0 Å². The zero-order valence-corrected chi connectivity index (χ0v) is 11.8. The van der Waals surface area contributed by atoms with E-state index in [0.717, 1.165) is 23.4 Å². The first-order chi connectivity index (χ1) is 9.77. The van der Waals surface area contributed by atoms with E-state index < -0.39 is 11.7 Å². The summed E-state index contributed by atoms with van der Waals surface area (Å²) in [7, 11) is 0. The van der Waals surface area contributed by atoms with Gasteiger partial charge in [-0.05, 0) is 25.5 Å². The summed E-state index contributed by atoms with van der Waals surface area (Å²) in [6, 6.07) is 5.02. The van der Waals surface area contributed by atoms with E-state index in [1.807, 2.05) is 13.8 Å². The molecule has 2 N–H and O–H groups in total. The van der Waals surface area contributed by atoms with E-state index in [1.54, 1.807) is 12.3 Å². The van der Waals surface area contributed by atoms with Gasteiger partial charge in [0.2, 0.25) is 0 Å². The summed E-state index contributed by atoms with van der Waals surface area (Å²) in [6.45, 7) is 3.65. The minimum absolute atomic E-state index is 0.174. The van der Waals surface area contributed by atoms with Crippen molar-refractivity contribution in [2.45, 2.75) is 32.5 Å². The molecular formula is C15H16F3N3. The summed E-state index contributed by atoms with van der Waals surface area (Å²) in [5, 5.41) is 0. The number of nitrogens with zero attached hydrogens (tertiary/aromatic N) is 2. The Morgan fingerprint density at radius 2 is 2.00 bits per heavy atom. The lowest BCUT2D eigenvalue weighted by Gasteiger charge is -2.11. The smallest absolute Gasteiger partial charge is 0.324 e. The Morgan fingerprint density at radius 3 is 2.57 bits per heavy atom. The number of aryl methyl sites for hydroxylation is 1. The Hall–Kier alpha value is -1.95. The average molecular weight is 295 g/mol. The summed E-state index contributed by atoms with van der Waals surface area (Å²) in [5.41, 5.74) is 7.23. The molecular weight excluding hydrogens is 279 g/mol. The molecule has 0 unspecified atom stereocenters. The first-order valence-corrected chi connectivity index (χ1v) is 6.51. The van der Waals surface area contributed by atoms with Gasteiger partial charge in [0.05, 0.1) is 5.56 Å². The lowest BCUT2D eigenvalue weighted by molar-refractivity contribution is -0.137. The normalized spacial score (nSPS) is 13.2. The molecule has 0 spiro atoms. The molecule has 2 aromatic rings. The minimum Gasteiger partial charge on any atom is -0.324 e. The standard InChI is InChI=1S/C15H16F3N3/c1-9(19)13-8-20-14(21-10(13)2)7-11-4-3-5-12(6-11)15(16,17)18/h3-6,8-9H,7,19H2,1-2H3/t9-/m0/s1. The van der Waals surface area contributed by atoms with Crippen LogP contribution in [0.4, 0.5) is 13.2 Å². The summed E-state index contributed by atoms with van der Waals surface area (Å²) in [6.07, 6.45) is -2.45. The number of nitrogens with two attached hydrogens (primary N) is 1. The van der Waals surface area contributed by atoms with E-state index in [2.05, 4.69) is 9.97 Å². The van der Waals surface area contributed by atoms with Crippen LogP contribution in [0.5, 0.6) is 0 Å². The van der Waals surface area contributed by atoms with Crippen LogP contribution in [-0.2, 0) is 12.6 Å². The Balaban J connectivity index is 2.25. The van der Waals surface area contributed by atoms with Crippen LogP contribution in [0.2, 0.25) is 0 Å². The molecule has 2 rings (SSSR count).